The van der Waals surface area contributed by atoms with Crippen LogP contribution in [0.4, 0.5) is 11.4 Å². The van der Waals surface area contributed by atoms with Crippen molar-refractivity contribution in [2.75, 3.05) is 31.1 Å². The maximum absolute atomic E-state index is 13.2. The molecular formula is C27H32N4O3S. The largest absolute Gasteiger partial charge is 0.494 e. The van der Waals surface area contributed by atoms with Gasteiger partial charge in [0.25, 0.3) is 5.91 Å². The lowest BCUT2D eigenvalue weighted by molar-refractivity contribution is -0.123. The van der Waals surface area contributed by atoms with Gasteiger partial charge in [0.05, 0.1) is 19.3 Å². The number of hydrogen-bond acceptors (Lipinski definition) is 5. The number of benzene rings is 2. The van der Waals surface area contributed by atoms with Crippen molar-refractivity contribution in [3.8, 4) is 5.75 Å². The summed E-state index contributed by atoms with van der Waals surface area (Å²) in [6.07, 6.45) is 1.35. The van der Waals surface area contributed by atoms with E-state index in [1.54, 1.807) is 17.0 Å². The monoisotopic (exact) mass is 492 g/mol. The van der Waals surface area contributed by atoms with Crippen LogP contribution in [0.15, 0.2) is 42.5 Å². The number of β-amino-alcohol motifs (C(OH)–C–C–N with tert-alkyl or cyclic N) is 1. The number of aliphatic hydroxyl groups excluding tert-OH is 1. The second kappa shape index (κ2) is 10.3. The van der Waals surface area contributed by atoms with Crippen LogP contribution in [0.5, 0.6) is 5.75 Å². The van der Waals surface area contributed by atoms with Gasteiger partial charge in [0.1, 0.15) is 11.3 Å². The first-order valence-corrected chi connectivity index (χ1v) is 12.4. The van der Waals surface area contributed by atoms with Gasteiger partial charge in [-0.2, -0.15) is 0 Å². The van der Waals surface area contributed by atoms with E-state index < -0.39 is 5.54 Å². The summed E-state index contributed by atoms with van der Waals surface area (Å²) in [7, 11) is 0. The van der Waals surface area contributed by atoms with Crippen LogP contribution in [-0.4, -0.2) is 63.8 Å². The maximum atomic E-state index is 13.2. The van der Waals surface area contributed by atoms with Crippen molar-refractivity contribution >= 4 is 34.6 Å². The Morgan fingerprint density at radius 3 is 2.60 bits per heavy atom. The Morgan fingerprint density at radius 2 is 1.97 bits per heavy atom. The van der Waals surface area contributed by atoms with Crippen LogP contribution in [0.25, 0.3) is 4.85 Å². The molecule has 1 unspecified atom stereocenters. The SMILES string of the molecule is [C-]#[N+]c1ccc(N2C(=O)C(C)(C)N(CCCOc3ccc(CN4CCC(O)C4)cc3)C2=S)cc1C. The lowest BCUT2D eigenvalue weighted by atomic mass is 10.0. The third-order valence-electron chi connectivity index (χ3n) is 6.75. The molecule has 2 aromatic rings. The van der Waals surface area contributed by atoms with Gasteiger partial charge < -0.3 is 14.7 Å². The molecule has 2 aliphatic rings. The van der Waals surface area contributed by atoms with Gasteiger partial charge in [0, 0.05) is 31.9 Å². The molecule has 184 valence electrons. The number of ether oxygens (including phenoxy) is 1. The minimum atomic E-state index is -0.756. The molecule has 2 fully saturated rings. The summed E-state index contributed by atoms with van der Waals surface area (Å²) in [5.74, 6) is 0.742. The molecule has 8 heteroatoms. The first-order chi connectivity index (χ1) is 16.7. The fraction of sp³-hybridized carbons (Fsp3) is 0.444. The van der Waals surface area contributed by atoms with Crippen LogP contribution in [-0.2, 0) is 11.3 Å². The minimum Gasteiger partial charge on any atom is -0.494 e. The van der Waals surface area contributed by atoms with Crippen molar-refractivity contribution in [2.24, 2.45) is 0 Å². The van der Waals surface area contributed by atoms with E-state index in [1.165, 1.54) is 5.56 Å². The Kier molecular flexibility index (Phi) is 7.41. The normalized spacial score (nSPS) is 19.9. The highest BCUT2D eigenvalue weighted by Gasteiger charge is 2.49. The average Bonchev–Trinajstić information content (AvgIpc) is 3.30. The molecular weight excluding hydrogens is 460 g/mol. The molecule has 2 aromatic carbocycles. The second-order valence-electron chi connectivity index (χ2n) is 9.74. The maximum Gasteiger partial charge on any atom is 0.258 e. The Balaban J connectivity index is 1.31. The van der Waals surface area contributed by atoms with E-state index in [1.807, 2.05) is 43.9 Å². The van der Waals surface area contributed by atoms with E-state index in [2.05, 4.69) is 21.9 Å². The number of aliphatic hydroxyl groups is 1. The zero-order valence-corrected chi connectivity index (χ0v) is 21.3. The summed E-state index contributed by atoms with van der Waals surface area (Å²) >= 11 is 5.71. The molecule has 2 heterocycles. The molecule has 0 aliphatic carbocycles. The van der Waals surface area contributed by atoms with Gasteiger partial charge in [-0.1, -0.05) is 18.2 Å². The van der Waals surface area contributed by atoms with Crippen LogP contribution in [0.1, 0.15) is 37.8 Å². The number of carbonyl (C=O) groups excluding carboxylic acids is 1. The molecule has 0 aromatic heterocycles. The average molecular weight is 493 g/mol. The highest BCUT2D eigenvalue weighted by Crippen LogP contribution is 2.34. The summed E-state index contributed by atoms with van der Waals surface area (Å²) in [6, 6.07) is 13.4. The third-order valence-corrected chi connectivity index (χ3v) is 7.16. The van der Waals surface area contributed by atoms with Gasteiger partial charge in [-0.05, 0) is 81.2 Å². The lowest BCUT2D eigenvalue weighted by Crippen LogP contribution is -2.44. The van der Waals surface area contributed by atoms with Crippen LogP contribution < -0.4 is 9.64 Å². The smallest absolute Gasteiger partial charge is 0.258 e. The Hall–Kier alpha value is -2.99. The first-order valence-electron chi connectivity index (χ1n) is 12.0. The molecule has 1 amide bonds. The summed E-state index contributed by atoms with van der Waals surface area (Å²) in [4.78, 5) is 22.5. The van der Waals surface area contributed by atoms with Crippen molar-refractivity contribution in [3.05, 3.63) is 65.0 Å². The summed E-state index contributed by atoms with van der Waals surface area (Å²) < 4.78 is 5.94. The summed E-state index contributed by atoms with van der Waals surface area (Å²) in [5.41, 5.74) is 2.53. The number of likely N-dealkylation sites (tertiary alicyclic amines) is 1. The Morgan fingerprint density at radius 1 is 1.23 bits per heavy atom. The number of carbonyl (C=O) groups is 1. The van der Waals surface area contributed by atoms with Gasteiger partial charge in [-0.15, -0.1) is 0 Å². The number of aryl methyl sites for hydroxylation is 1. The zero-order chi connectivity index (χ0) is 25.2. The van der Waals surface area contributed by atoms with Gasteiger partial charge in [-0.3, -0.25) is 14.6 Å². The van der Waals surface area contributed by atoms with E-state index in [0.717, 1.165) is 37.4 Å². The van der Waals surface area contributed by atoms with E-state index in [-0.39, 0.29) is 12.0 Å². The third kappa shape index (κ3) is 5.32. The molecule has 0 spiro atoms. The molecule has 1 atom stereocenters. The quantitative estimate of drug-likeness (QED) is 0.337. The van der Waals surface area contributed by atoms with Crippen LogP contribution in [0.2, 0.25) is 0 Å². The topological polar surface area (TPSA) is 60.6 Å². The van der Waals surface area contributed by atoms with Gasteiger partial charge in [0.15, 0.2) is 10.8 Å². The Bertz CT molecular complexity index is 1140. The summed E-state index contributed by atoms with van der Waals surface area (Å²) in [6.45, 7) is 16.5. The molecule has 2 aliphatic heterocycles. The van der Waals surface area contributed by atoms with Gasteiger partial charge >= 0.3 is 0 Å². The number of hydrogen-bond donors (Lipinski definition) is 1. The number of rotatable bonds is 8. The standard InChI is InChI=1S/C27H32N4O3S/c1-19-16-21(8-11-24(19)28-4)31-25(33)27(2,3)30(26(31)35)13-5-15-34-23-9-6-20(7-10-23)17-29-14-12-22(32)18-29/h6-11,16,22,32H,5,12-15,17-18H2,1-3H3. The number of anilines is 1. The fourth-order valence-electron chi connectivity index (χ4n) is 4.66. The number of nitrogens with zero attached hydrogens (tertiary/aromatic N) is 4. The van der Waals surface area contributed by atoms with Crippen molar-refractivity contribution in [1.29, 1.82) is 0 Å². The number of thiocarbonyl (C=S) groups is 1. The van der Waals surface area contributed by atoms with Crippen molar-refractivity contribution in [2.45, 2.75) is 51.8 Å². The summed E-state index contributed by atoms with van der Waals surface area (Å²) in [5, 5.41) is 10.2. The van der Waals surface area contributed by atoms with E-state index in [0.29, 0.717) is 36.1 Å². The number of amides is 1. The van der Waals surface area contributed by atoms with Gasteiger partial charge in [0.2, 0.25) is 0 Å². The predicted octanol–water partition coefficient (Wildman–Crippen LogP) is 4.29. The van der Waals surface area contributed by atoms with E-state index in [4.69, 9.17) is 23.5 Å². The van der Waals surface area contributed by atoms with Crippen molar-refractivity contribution < 1.29 is 14.6 Å². The van der Waals surface area contributed by atoms with Crippen molar-refractivity contribution in [3.63, 3.8) is 0 Å². The van der Waals surface area contributed by atoms with Gasteiger partial charge in [-0.25, -0.2) is 4.85 Å². The van der Waals surface area contributed by atoms with Crippen LogP contribution in [0.3, 0.4) is 0 Å². The molecule has 7 nitrogen and oxygen atoms in total. The zero-order valence-electron chi connectivity index (χ0n) is 20.5. The highest BCUT2D eigenvalue weighted by atomic mass is 32.1. The van der Waals surface area contributed by atoms with Crippen LogP contribution in [0, 0.1) is 13.5 Å². The minimum absolute atomic E-state index is 0.0699. The first kappa shape index (κ1) is 25.1. The van der Waals surface area contributed by atoms with Crippen molar-refractivity contribution in [1.82, 2.24) is 9.80 Å². The lowest BCUT2D eigenvalue weighted by Gasteiger charge is -2.29. The van der Waals surface area contributed by atoms with E-state index >= 15 is 0 Å². The molecule has 0 radical (unpaired) electrons. The Labute approximate surface area is 212 Å². The van der Waals surface area contributed by atoms with E-state index in [9.17, 15) is 9.90 Å². The fourth-order valence-corrected chi connectivity index (χ4v) is 5.17. The molecule has 0 bridgehead atoms. The second-order valence-corrected chi connectivity index (χ2v) is 10.1. The highest BCUT2D eigenvalue weighted by molar-refractivity contribution is 7.80. The molecule has 35 heavy (non-hydrogen) atoms. The van der Waals surface area contributed by atoms with Crippen LogP contribution >= 0.6 is 12.2 Å². The predicted molar refractivity (Wildman–Crippen MR) is 141 cm³/mol. The molecule has 4 rings (SSSR count). The molecule has 0 saturated carbocycles. The molecule has 2 saturated heterocycles. The molecule has 1 N–H and O–H groups in total.